The minimum atomic E-state index is -1.43. The van der Waals surface area contributed by atoms with Gasteiger partial charge in [0.1, 0.15) is 12.2 Å². The standard InChI is InChI=1S/C26H40N8O5/c1-2-27-24(37)20-18(35)19(36)26(39-20)34-15-29-17-21(30-16-9-5-3-6-10-16)31-22(32-23(17)34)25(38)28-11-14-33-12-7-4-8-13-33/h15-16,18-20,26,35-36H,2-14H2,1H3,(H,27,37)(H,28,38)(H,30,31,32). The number of rotatable bonds is 9. The number of likely N-dealkylation sites (tertiary alicyclic amines) is 1. The number of nitrogens with one attached hydrogen (secondary N) is 3. The second kappa shape index (κ2) is 12.5. The largest absolute Gasteiger partial charge is 0.387 e. The van der Waals surface area contributed by atoms with Gasteiger partial charge in [-0.15, -0.1) is 0 Å². The average molecular weight is 545 g/mol. The number of amides is 2. The molecule has 13 heteroatoms. The highest BCUT2D eigenvalue weighted by atomic mass is 16.6. The maximum absolute atomic E-state index is 13.2. The van der Waals surface area contributed by atoms with Crippen molar-refractivity contribution in [2.75, 3.05) is 38.0 Å². The molecular weight excluding hydrogens is 504 g/mol. The molecule has 5 N–H and O–H groups in total. The monoisotopic (exact) mass is 544 g/mol. The normalized spacial score (nSPS) is 26.5. The molecule has 2 aliphatic heterocycles. The fourth-order valence-electron chi connectivity index (χ4n) is 5.72. The van der Waals surface area contributed by atoms with Crippen LogP contribution in [0.3, 0.4) is 0 Å². The molecule has 3 fully saturated rings. The Kier molecular flexibility index (Phi) is 8.90. The molecule has 39 heavy (non-hydrogen) atoms. The molecule has 13 nitrogen and oxygen atoms in total. The number of piperidine rings is 1. The summed E-state index contributed by atoms with van der Waals surface area (Å²) in [6.07, 6.45) is 5.26. The van der Waals surface area contributed by atoms with Crippen LogP contribution >= 0.6 is 0 Å². The zero-order chi connectivity index (χ0) is 27.4. The van der Waals surface area contributed by atoms with Gasteiger partial charge in [-0.25, -0.2) is 15.0 Å². The Bertz CT molecular complexity index is 1150. The van der Waals surface area contributed by atoms with E-state index < -0.39 is 36.4 Å². The van der Waals surface area contributed by atoms with Gasteiger partial charge < -0.3 is 35.8 Å². The maximum Gasteiger partial charge on any atom is 0.289 e. The number of likely N-dealkylation sites (N-methyl/N-ethyl adjacent to an activating group) is 1. The van der Waals surface area contributed by atoms with E-state index in [-0.39, 0.29) is 17.5 Å². The Morgan fingerprint density at radius 1 is 1.03 bits per heavy atom. The van der Waals surface area contributed by atoms with Gasteiger partial charge in [0.05, 0.1) is 6.33 Å². The number of anilines is 1. The van der Waals surface area contributed by atoms with E-state index in [2.05, 4.69) is 35.8 Å². The minimum Gasteiger partial charge on any atom is -0.387 e. The highest BCUT2D eigenvalue weighted by molar-refractivity contribution is 5.94. The summed E-state index contributed by atoms with van der Waals surface area (Å²) in [5, 5.41) is 30.3. The third-order valence-corrected chi connectivity index (χ3v) is 7.85. The van der Waals surface area contributed by atoms with Crippen LogP contribution in [0, 0.1) is 0 Å². The number of hydrogen-bond donors (Lipinski definition) is 5. The number of hydrogen-bond acceptors (Lipinski definition) is 10. The van der Waals surface area contributed by atoms with Gasteiger partial charge in [0.2, 0.25) is 5.82 Å². The molecule has 5 rings (SSSR count). The van der Waals surface area contributed by atoms with E-state index in [9.17, 15) is 19.8 Å². The third-order valence-electron chi connectivity index (χ3n) is 7.85. The highest BCUT2D eigenvalue weighted by Gasteiger charge is 2.47. The van der Waals surface area contributed by atoms with E-state index in [0.29, 0.717) is 24.4 Å². The number of nitrogens with zero attached hydrogens (tertiary/aromatic N) is 5. The van der Waals surface area contributed by atoms with Crippen LogP contribution in [-0.4, -0.2) is 104 Å². The summed E-state index contributed by atoms with van der Waals surface area (Å²) in [5.41, 5.74) is 0.703. The first-order valence-corrected chi connectivity index (χ1v) is 14.3. The van der Waals surface area contributed by atoms with Crippen LogP contribution in [0.5, 0.6) is 0 Å². The molecule has 0 aromatic carbocycles. The molecule has 2 saturated heterocycles. The molecule has 214 valence electrons. The summed E-state index contributed by atoms with van der Waals surface area (Å²) in [5.74, 6) is -0.491. The number of aliphatic hydroxyl groups excluding tert-OH is 2. The summed E-state index contributed by atoms with van der Waals surface area (Å²) >= 11 is 0. The van der Waals surface area contributed by atoms with Crippen molar-refractivity contribution in [2.45, 2.75) is 88.9 Å². The van der Waals surface area contributed by atoms with Gasteiger partial charge in [0.25, 0.3) is 11.8 Å². The van der Waals surface area contributed by atoms with Crippen molar-refractivity contribution in [3.63, 3.8) is 0 Å². The molecule has 1 saturated carbocycles. The first-order valence-electron chi connectivity index (χ1n) is 14.3. The lowest BCUT2D eigenvalue weighted by molar-refractivity contribution is -0.137. The third kappa shape index (κ3) is 6.16. The van der Waals surface area contributed by atoms with E-state index >= 15 is 0 Å². The van der Waals surface area contributed by atoms with E-state index in [1.54, 1.807) is 6.92 Å². The molecule has 1 aliphatic carbocycles. The molecular formula is C26H40N8O5. The van der Waals surface area contributed by atoms with Gasteiger partial charge in [-0.3, -0.25) is 14.2 Å². The molecule has 3 aliphatic rings. The van der Waals surface area contributed by atoms with Crippen LogP contribution in [0.25, 0.3) is 11.2 Å². The van der Waals surface area contributed by atoms with Gasteiger partial charge in [0.15, 0.2) is 29.3 Å². The zero-order valence-corrected chi connectivity index (χ0v) is 22.5. The Labute approximate surface area is 227 Å². The first kappa shape index (κ1) is 27.7. The van der Waals surface area contributed by atoms with Crippen molar-refractivity contribution in [3.8, 4) is 0 Å². The molecule has 0 bridgehead atoms. The van der Waals surface area contributed by atoms with E-state index in [0.717, 1.165) is 45.3 Å². The summed E-state index contributed by atoms with van der Waals surface area (Å²) in [6, 6.07) is 0.203. The first-order chi connectivity index (χ1) is 19.0. The highest BCUT2D eigenvalue weighted by Crippen LogP contribution is 2.33. The van der Waals surface area contributed by atoms with Gasteiger partial charge in [0, 0.05) is 25.7 Å². The van der Waals surface area contributed by atoms with E-state index in [1.165, 1.54) is 36.6 Å². The van der Waals surface area contributed by atoms with Gasteiger partial charge >= 0.3 is 0 Å². The van der Waals surface area contributed by atoms with Crippen molar-refractivity contribution in [2.24, 2.45) is 0 Å². The van der Waals surface area contributed by atoms with E-state index in [4.69, 9.17) is 4.74 Å². The maximum atomic E-state index is 13.2. The lowest BCUT2D eigenvalue weighted by Crippen LogP contribution is -2.42. The van der Waals surface area contributed by atoms with Crippen molar-refractivity contribution in [3.05, 3.63) is 12.2 Å². The summed E-state index contributed by atoms with van der Waals surface area (Å²) < 4.78 is 7.26. The van der Waals surface area contributed by atoms with Crippen LogP contribution in [0.1, 0.15) is 75.1 Å². The Balaban J connectivity index is 1.41. The lowest BCUT2D eigenvalue weighted by Gasteiger charge is -2.26. The molecule has 2 amide bonds. The molecule has 2 aromatic heterocycles. The Morgan fingerprint density at radius 3 is 2.51 bits per heavy atom. The Morgan fingerprint density at radius 2 is 1.77 bits per heavy atom. The number of aromatic nitrogens is 4. The SMILES string of the molecule is CCNC(=O)C1OC(n2cnc3c(NC4CCCCC4)nc(C(=O)NCCN4CCCCC4)nc32)C(O)C1O. The zero-order valence-electron chi connectivity index (χ0n) is 22.5. The fourth-order valence-corrected chi connectivity index (χ4v) is 5.72. The van der Waals surface area contributed by atoms with Crippen LogP contribution < -0.4 is 16.0 Å². The molecule has 0 radical (unpaired) electrons. The van der Waals surface area contributed by atoms with Crippen molar-refractivity contribution >= 4 is 28.8 Å². The number of carbonyl (C=O) groups excluding carboxylic acids is 2. The fraction of sp³-hybridized carbons (Fsp3) is 0.731. The smallest absolute Gasteiger partial charge is 0.289 e. The van der Waals surface area contributed by atoms with E-state index in [1.807, 2.05) is 0 Å². The van der Waals surface area contributed by atoms with Crippen molar-refractivity contribution in [1.29, 1.82) is 0 Å². The lowest BCUT2D eigenvalue weighted by atomic mass is 9.95. The molecule has 0 spiro atoms. The topological polar surface area (TPSA) is 167 Å². The number of carbonyl (C=O) groups is 2. The number of ether oxygens (including phenoxy) is 1. The second-order valence-electron chi connectivity index (χ2n) is 10.7. The van der Waals surface area contributed by atoms with Crippen molar-refractivity contribution < 1.29 is 24.5 Å². The number of fused-ring (bicyclic) bond motifs is 1. The summed E-state index contributed by atoms with van der Waals surface area (Å²) in [7, 11) is 0. The molecule has 4 atom stereocenters. The number of imidazole rings is 1. The second-order valence-corrected chi connectivity index (χ2v) is 10.7. The number of aliphatic hydroxyl groups is 2. The molecule has 4 heterocycles. The van der Waals surface area contributed by atoms with Crippen LogP contribution in [0.4, 0.5) is 5.82 Å². The van der Waals surface area contributed by atoms with Crippen LogP contribution in [-0.2, 0) is 9.53 Å². The van der Waals surface area contributed by atoms with Crippen molar-refractivity contribution in [1.82, 2.24) is 35.1 Å². The van der Waals surface area contributed by atoms with Gasteiger partial charge in [-0.05, 0) is 45.7 Å². The quantitative estimate of drug-likeness (QED) is 0.301. The minimum absolute atomic E-state index is 0.0190. The van der Waals surface area contributed by atoms with Gasteiger partial charge in [-0.1, -0.05) is 25.7 Å². The Hall–Kier alpha value is -2.87. The average Bonchev–Trinajstić information content (AvgIpc) is 3.50. The summed E-state index contributed by atoms with van der Waals surface area (Å²) in [4.78, 5) is 41.5. The predicted molar refractivity (Wildman–Crippen MR) is 143 cm³/mol. The molecule has 4 unspecified atom stereocenters. The predicted octanol–water partition coefficient (Wildman–Crippen LogP) is 0.542. The molecule has 2 aromatic rings. The van der Waals surface area contributed by atoms with Crippen LogP contribution in [0.2, 0.25) is 0 Å². The van der Waals surface area contributed by atoms with Gasteiger partial charge in [-0.2, -0.15) is 0 Å². The van der Waals surface area contributed by atoms with Crippen LogP contribution in [0.15, 0.2) is 6.33 Å². The summed E-state index contributed by atoms with van der Waals surface area (Å²) in [6.45, 7) is 5.45.